The van der Waals surface area contributed by atoms with Gasteiger partial charge in [0.05, 0.1) is 0 Å². The minimum absolute atomic E-state index is 0.184. The summed E-state index contributed by atoms with van der Waals surface area (Å²) in [5.41, 5.74) is 1.73. The van der Waals surface area contributed by atoms with E-state index in [2.05, 4.69) is 12.5 Å². The topological polar surface area (TPSA) is 17.1 Å². The van der Waals surface area contributed by atoms with Gasteiger partial charge in [-0.2, -0.15) is 10.5 Å². The summed E-state index contributed by atoms with van der Waals surface area (Å²) in [4.78, 5) is 12.6. The maximum Gasteiger partial charge on any atom is 0.184 e. The van der Waals surface area contributed by atoms with Crippen LogP contribution in [0, 0.1) is 0 Å². The van der Waals surface area contributed by atoms with E-state index in [1.54, 1.807) is 0 Å². The Morgan fingerprint density at radius 2 is 1.50 bits per heavy atom. The average Bonchev–Trinajstić information content (AvgIpc) is 1.99. The maximum atomic E-state index is 11.3. The summed E-state index contributed by atoms with van der Waals surface area (Å²) in [6.07, 6.45) is 8.33. The van der Waals surface area contributed by atoms with E-state index in [0.29, 0.717) is 0 Å². The van der Waals surface area contributed by atoms with Crippen LogP contribution in [0.5, 0.6) is 0 Å². The molecule has 2 heteroatoms. The number of carbonyl (C=O) groups is 1. The third-order valence-electron chi connectivity index (χ3n) is 1.91. The summed E-state index contributed by atoms with van der Waals surface area (Å²) in [6.45, 7) is 3.76. The van der Waals surface area contributed by atoms with Gasteiger partial charge < -0.3 is 0 Å². The van der Waals surface area contributed by atoms with Gasteiger partial charge >= 0.3 is 0 Å². The highest BCUT2D eigenvalue weighted by Crippen LogP contribution is 2.17. The number of hydrogen-bond acceptors (Lipinski definition) is 1. The molecule has 0 spiro atoms. The SMILES string of the molecule is CC1=CC(=S(C)C)C=C(C)C1=O. The first-order chi connectivity index (χ1) is 5.52. The van der Waals surface area contributed by atoms with Gasteiger partial charge in [-0.3, -0.25) is 4.79 Å². The molecule has 1 aliphatic carbocycles. The second-order valence-corrected chi connectivity index (χ2v) is 5.31. The normalized spacial score (nSPS) is 18.1. The summed E-state index contributed by atoms with van der Waals surface area (Å²) in [5.74, 6) is 0.184. The van der Waals surface area contributed by atoms with Crippen molar-refractivity contribution in [2.75, 3.05) is 12.5 Å². The summed E-state index contributed by atoms with van der Waals surface area (Å²) >= 11 is 0. The van der Waals surface area contributed by atoms with E-state index in [-0.39, 0.29) is 16.3 Å². The van der Waals surface area contributed by atoms with Crippen molar-refractivity contribution in [3.63, 3.8) is 0 Å². The molecule has 0 aromatic heterocycles. The highest BCUT2D eigenvalue weighted by atomic mass is 32.2. The van der Waals surface area contributed by atoms with E-state index < -0.39 is 0 Å². The van der Waals surface area contributed by atoms with Crippen LogP contribution in [0.15, 0.2) is 23.3 Å². The molecular weight excluding hydrogens is 168 g/mol. The Kier molecular flexibility index (Phi) is 2.68. The summed E-state index contributed by atoms with van der Waals surface area (Å²) in [5, 5.41) is 0. The fourth-order valence-corrected chi connectivity index (χ4v) is 1.97. The summed E-state index contributed by atoms with van der Waals surface area (Å²) in [6, 6.07) is 0. The van der Waals surface area contributed by atoms with Gasteiger partial charge in [0.15, 0.2) is 5.78 Å². The minimum Gasteiger partial charge on any atom is -0.289 e. The number of ketones is 1. The smallest absolute Gasteiger partial charge is 0.184 e. The van der Waals surface area contributed by atoms with E-state index in [1.807, 2.05) is 26.0 Å². The molecule has 1 aliphatic rings. The van der Waals surface area contributed by atoms with Crippen LogP contribution in [-0.2, 0) is 4.79 Å². The van der Waals surface area contributed by atoms with E-state index in [9.17, 15) is 4.79 Å². The summed E-state index contributed by atoms with van der Waals surface area (Å²) < 4.78 is 0. The zero-order valence-corrected chi connectivity index (χ0v) is 8.79. The van der Waals surface area contributed by atoms with Crippen molar-refractivity contribution in [2.45, 2.75) is 13.8 Å². The average molecular weight is 182 g/mol. The molecule has 0 saturated carbocycles. The van der Waals surface area contributed by atoms with Gasteiger partial charge in [-0.05, 0) is 54.5 Å². The van der Waals surface area contributed by atoms with Crippen molar-refractivity contribution in [2.24, 2.45) is 0 Å². The van der Waals surface area contributed by atoms with Crippen molar-refractivity contribution in [1.29, 1.82) is 0 Å². The van der Waals surface area contributed by atoms with Crippen LogP contribution in [0.1, 0.15) is 13.8 Å². The van der Waals surface area contributed by atoms with Crippen LogP contribution in [0.4, 0.5) is 0 Å². The Hall–Kier alpha value is -0.630. The second-order valence-electron chi connectivity index (χ2n) is 3.20. The fraction of sp³-hybridized carbons (Fsp3) is 0.400. The molecule has 12 heavy (non-hydrogen) atoms. The van der Waals surface area contributed by atoms with Crippen LogP contribution in [0.2, 0.25) is 0 Å². The lowest BCUT2D eigenvalue weighted by Crippen LogP contribution is -2.10. The van der Waals surface area contributed by atoms with E-state index in [0.717, 1.165) is 11.1 Å². The molecule has 0 radical (unpaired) electrons. The van der Waals surface area contributed by atoms with Crippen LogP contribution in [0.3, 0.4) is 0 Å². The van der Waals surface area contributed by atoms with Crippen molar-refractivity contribution >= 4 is 21.1 Å². The van der Waals surface area contributed by atoms with Crippen LogP contribution in [-0.4, -0.2) is 23.2 Å². The lowest BCUT2D eigenvalue weighted by molar-refractivity contribution is -0.112. The van der Waals surface area contributed by atoms with Gasteiger partial charge in [-0.15, -0.1) is 0 Å². The van der Waals surface area contributed by atoms with E-state index >= 15 is 0 Å². The molecule has 0 N–H and O–H groups in total. The summed E-state index contributed by atoms with van der Waals surface area (Å²) in [7, 11) is 0.253. The molecule has 0 unspecified atom stereocenters. The van der Waals surface area contributed by atoms with Gasteiger partial charge in [-0.1, -0.05) is 0 Å². The third kappa shape index (κ3) is 1.75. The molecule has 0 aromatic carbocycles. The van der Waals surface area contributed by atoms with Crippen molar-refractivity contribution in [3.05, 3.63) is 23.3 Å². The molecule has 0 fully saturated rings. The quantitative estimate of drug-likeness (QED) is 0.525. The highest BCUT2D eigenvalue weighted by Gasteiger charge is 2.12. The van der Waals surface area contributed by atoms with Crippen LogP contribution < -0.4 is 0 Å². The predicted octanol–water partition coefficient (Wildman–Crippen LogP) is 2.16. The standard InChI is InChI=1S/C10H14OS/c1-7-5-9(12(3)4)6-8(2)10(7)11/h5-6H,1-4H3. The number of carbonyl (C=O) groups excluding carboxylic acids is 1. The predicted molar refractivity (Wildman–Crippen MR) is 57.0 cm³/mol. The Morgan fingerprint density at radius 1 is 1.08 bits per heavy atom. The number of allylic oxidation sites excluding steroid dienone is 4. The van der Waals surface area contributed by atoms with Crippen molar-refractivity contribution in [3.8, 4) is 0 Å². The first-order valence-corrected chi connectivity index (χ1v) is 5.92. The highest BCUT2D eigenvalue weighted by molar-refractivity contribution is 8.15. The van der Waals surface area contributed by atoms with E-state index in [1.165, 1.54) is 4.86 Å². The van der Waals surface area contributed by atoms with Gasteiger partial charge in [0.1, 0.15) is 0 Å². The lowest BCUT2D eigenvalue weighted by Gasteiger charge is -2.10. The molecule has 0 bridgehead atoms. The number of hydrogen-bond donors (Lipinski definition) is 0. The molecular formula is C10H14OS. The molecule has 1 rings (SSSR count). The number of rotatable bonds is 0. The van der Waals surface area contributed by atoms with Crippen molar-refractivity contribution in [1.82, 2.24) is 0 Å². The monoisotopic (exact) mass is 182 g/mol. The van der Waals surface area contributed by atoms with Gasteiger partial charge in [-0.25, -0.2) is 0 Å². The maximum absolute atomic E-state index is 11.3. The fourth-order valence-electron chi connectivity index (χ4n) is 1.15. The molecule has 0 heterocycles. The Balaban J connectivity index is 3.17. The van der Waals surface area contributed by atoms with E-state index in [4.69, 9.17) is 0 Å². The molecule has 0 aromatic rings. The molecule has 0 atom stereocenters. The Morgan fingerprint density at radius 3 is 1.83 bits per heavy atom. The van der Waals surface area contributed by atoms with Crippen molar-refractivity contribution < 1.29 is 4.79 Å². The first kappa shape index (κ1) is 9.46. The Labute approximate surface area is 76.1 Å². The molecule has 66 valence electrons. The zero-order chi connectivity index (χ0) is 9.30. The van der Waals surface area contributed by atoms with Gasteiger partial charge in [0, 0.05) is 0 Å². The van der Waals surface area contributed by atoms with Crippen LogP contribution in [0.25, 0.3) is 0 Å². The molecule has 0 aliphatic heterocycles. The lowest BCUT2D eigenvalue weighted by atomic mass is 9.99. The third-order valence-corrected chi connectivity index (χ3v) is 3.08. The van der Waals surface area contributed by atoms with Gasteiger partial charge in [0.2, 0.25) is 0 Å². The molecule has 1 nitrogen and oxygen atoms in total. The Bertz CT molecular complexity index is 291. The first-order valence-electron chi connectivity index (χ1n) is 3.88. The zero-order valence-electron chi connectivity index (χ0n) is 7.97. The van der Waals surface area contributed by atoms with Crippen LogP contribution >= 0.6 is 10.5 Å². The molecule has 0 saturated heterocycles. The number of Topliss-reactive ketones (excluding diaryl/α,β-unsaturated/α-hetero) is 1. The minimum atomic E-state index is 0.184. The van der Waals surface area contributed by atoms with Gasteiger partial charge in [0.25, 0.3) is 0 Å². The molecule has 0 amide bonds. The second kappa shape index (κ2) is 3.40. The largest absolute Gasteiger partial charge is 0.289 e.